The van der Waals surface area contributed by atoms with Crippen molar-refractivity contribution < 1.29 is 4.74 Å². The van der Waals surface area contributed by atoms with Crippen molar-refractivity contribution in [1.82, 2.24) is 20.2 Å². The molecule has 1 aromatic carbocycles. The summed E-state index contributed by atoms with van der Waals surface area (Å²) in [6, 6.07) is 8.00. The molecule has 0 amide bonds. The van der Waals surface area contributed by atoms with Gasteiger partial charge in [-0.05, 0) is 34.5 Å². The minimum absolute atomic E-state index is 0.0325. The Balaban J connectivity index is 2.24. The third kappa shape index (κ3) is 3.29. The number of aryl methyl sites for hydroxylation is 1. The number of thioether (sulfide) groups is 1. The van der Waals surface area contributed by atoms with Crippen LogP contribution >= 0.6 is 11.8 Å². The van der Waals surface area contributed by atoms with Crippen LogP contribution in [-0.2, 0) is 7.05 Å². The van der Waals surface area contributed by atoms with Gasteiger partial charge in [-0.3, -0.25) is 0 Å². The molecule has 1 aromatic heterocycles. The highest BCUT2D eigenvalue weighted by molar-refractivity contribution is 7.99. The van der Waals surface area contributed by atoms with Crippen LogP contribution in [0.4, 0.5) is 0 Å². The summed E-state index contributed by atoms with van der Waals surface area (Å²) in [6.45, 7) is 2.08. The van der Waals surface area contributed by atoms with Gasteiger partial charge in [-0.1, -0.05) is 30.8 Å². The molecule has 2 N–H and O–H groups in total. The summed E-state index contributed by atoms with van der Waals surface area (Å²) >= 11 is 1.58. The lowest BCUT2D eigenvalue weighted by molar-refractivity contribution is 0.414. The van der Waals surface area contributed by atoms with E-state index in [1.54, 1.807) is 23.6 Å². The molecule has 0 radical (unpaired) electrons. The molecule has 6 nitrogen and oxygen atoms in total. The van der Waals surface area contributed by atoms with Crippen LogP contribution < -0.4 is 10.5 Å². The van der Waals surface area contributed by atoms with E-state index in [1.807, 2.05) is 31.3 Å². The van der Waals surface area contributed by atoms with Crippen LogP contribution in [0.3, 0.4) is 0 Å². The molecule has 20 heavy (non-hydrogen) atoms. The van der Waals surface area contributed by atoms with Crippen LogP contribution in [0, 0.1) is 0 Å². The van der Waals surface area contributed by atoms with E-state index in [9.17, 15) is 0 Å². The highest BCUT2D eigenvalue weighted by atomic mass is 32.2. The number of rotatable bonds is 6. The Morgan fingerprint density at radius 1 is 1.35 bits per heavy atom. The molecule has 0 aliphatic carbocycles. The Hall–Kier alpha value is -1.60. The van der Waals surface area contributed by atoms with E-state index in [0.717, 1.165) is 22.9 Å². The number of aromatic nitrogens is 4. The first-order chi connectivity index (χ1) is 9.65. The van der Waals surface area contributed by atoms with Crippen molar-refractivity contribution in [3.8, 4) is 5.75 Å². The fourth-order valence-electron chi connectivity index (χ4n) is 1.84. The van der Waals surface area contributed by atoms with Crippen LogP contribution in [0.1, 0.15) is 24.2 Å². The zero-order valence-electron chi connectivity index (χ0n) is 11.9. The van der Waals surface area contributed by atoms with Crippen molar-refractivity contribution >= 4 is 11.8 Å². The van der Waals surface area contributed by atoms with Crippen LogP contribution in [-0.4, -0.2) is 33.4 Å². The molecule has 2 unspecified atom stereocenters. The van der Waals surface area contributed by atoms with Crippen molar-refractivity contribution in [1.29, 1.82) is 0 Å². The maximum absolute atomic E-state index is 6.26. The number of hydrogen-bond donors (Lipinski definition) is 1. The van der Waals surface area contributed by atoms with Gasteiger partial charge >= 0.3 is 0 Å². The molecular formula is C13H19N5OS. The summed E-state index contributed by atoms with van der Waals surface area (Å²) in [5.74, 6) is 0.836. The van der Waals surface area contributed by atoms with Crippen LogP contribution in [0.15, 0.2) is 29.4 Å². The van der Waals surface area contributed by atoms with E-state index >= 15 is 0 Å². The summed E-state index contributed by atoms with van der Waals surface area (Å²) < 4.78 is 6.84. The standard InChI is InChI=1S/C13H19N5OS/c1-4-11(14)12(20-13-15-16-17-18(13)2)9-5-7-10(19-3)8-6-9/h5-8,11-12H,4,14H2,1-3H3. The molecule has 0 fully saturated rings. The highest BCUT2D eigenvalue weighted by Crippen LogP contribution is 2.37. The van der Waals surface area contributed by atoms with Gasteiger partial charge in [-0.15, -0.1) is 5.10 Å². The van der Waals surface area contributed by atoms with Crippen molar-refractivity contribution in [3.05, 3.63) is 29.8 Å². The molecular weight excluding hydrogens is 274 g/mol. The molecule has 0 bridgehead atoms. The average Bonchev–Trinajstić information content (AvgIpc) is 2.89. The molecule has 1 heterocycles. The van der Waals surface area contributed by atoms with Gasteiger partial charge in [0.25, 0.3) is 0 Å². The lowest BCUT2D eigenvalue weighted by Gasteiger charge is -2.22. The van der Waals surface area contributed by atoms with Gasteiger partial charge in [0, 0.05) is 13.1 Å². The molecule has 0 spiro atoms. The lowest BCUT2D eigenvalue weighted by atomic mass is 10.0. The van der Waals surface area contributed by atoms with Crippen LogP contribution in [0.2, 0.25) is 0 Å². The summed E-state index contributed by atoms with van der Waals surface area (Å²) in [7, 11) is 3.48. The van der Waals surface area contributed by atoms with Crippen molar-refractivity contribution in [2.24, 2.45) is 12.8 Å². The lowest BCUT2D eigenvalue weighted by Crippen LogP contribution is -2.26. The number of tetrazole rings is 1. The number of nitrogens with zero attached hydrogens (tertiary/aromatic N) is 4. The fraction of sp³-hybridized carbons (Fsp3) is 0.462. The number of benzene rings is 1. The molecule has 2 atom stereocenters. The largest absolute Gasteiger partial charge is 0.497 e. The second-order valence-electron chi connectivity index (χ2n) is 4.47. The molecule has 0 aliphatic rings. The second-order valence-corrected chi connectivity index (χ2v) is 5.58. The number of hydrogen-bond acceptors (Lipinski definition) is 6. The molecule has 0 aliphatic heterocycles. The summed E-state index contributed by atoms with van der Waals surface area (Å²) in [5, 5.41) is 12.4. The number of methoxy groups -OCH3 is 1. The Morgan fingerprint density at radius 2 is 2.05 bits per heavy atom. The van der Waals surface area contributed by atoms with Crippen LogP contribution in [0.25, 0.3) is 0 Å². The maximum atomic E-state index is 6.26. The predicted molar refractivity (Wildman–Crippen MR) is 78.7 cm³/mol. The van der Waals surface area contributed by atoms with Gasteiger partial charge in [0.05, 0.1) is 12.4 Å². The Morgan fingerprint density at radius 3 is 2.55 bits per heavy atom. The topological polar surface area (TPSA) is 78.9 Å². The van der Waals surface area contributed by atoms with E-state index in [2.05, 4.69) is 22.4 Å². The normalized spacial score (nSPS) is 14.0. The van der Waals surface area contributed by atoms with Crippen LogP contribution in [0.5, 0.6) is 5.75 Å². The smallest absolute Gasteiger partial charge is 0.209 e. The second kappa shape index (κ2) is 6.71. The van der Waals surface area contributed by atoms with Crippen molar-refractivity contribution in [2.45, 2.75) is 29.8 Å². The molecule has 0 saturated carbocycles. The minimum atomic E-state index is 0.0325. The highest BCUT2D eigenvalue weighted by Gasteiger charge is 2.22. The first-order valence-electron chi connectivity index (χ1n) is 6.44. The predicted octanol–water partition coefficient (Wildman–Crippen LogP) is 1.79. The van der Waals surface area contributed by atoms with E-state index in [1.165, 1.54) is 0 Å². The van der Waals surface area contributed by atoms with Gasteiger partial charge in [0.2, 0.25) is 5.16 Å². The summed E-state index contributed by atoms with van der Waals surface area (Å²) in [6.07, 6.45) is 0.884. The van der Waals surface area contributed by atoms with Crippen molar-refractivity contribution in [2.75, 3.05) is 7.11 Å². The maximum Gasteiger partial charge on any atom is 0.209 e. The Kier molecular flexibility index (Phi) is 4.97. The van der Waals surface area contributed by atoms with E-state index in [4.69, 9.17) is 10.5 Å². The first kappa shape index (κ1) is 14.8. The van der Waals surface area contributed by atoms with Gasteiger partial charge in [-0.2, -0.15) is 0 Å². The van der Waals surface area contributed by atoms with E-state index in [-0.39, 0.29) is 11.3 Å². The summed E-state index contributed by atoms with van der Waals surface area (Å²) in [4.78, 5) is 0. The Labute approximate surface area is 122 Å². The summed E-state index contributed by atoms with van der Waals surface area (Å²) in [5.41, 5.74) is 7.40. The zero-order chi connectivity index (χ0) is 14.5. The van der Waals surface area contributed by atoms with Gasteiger partial charge < -0.3 is 10.5 Å². The van der Waals surface area contributed by atoms with Gasteiger partial charge in [0.15, 0.2) is 0 Å². The first-order valence-corrected chi connectivity index (χ1v) is 7.32. The number of nitrogens with two attached hydrogens (primary N) is 1. The SMILES string of the molecule is CCC(N)C(Sc1nnnn1C)c1ccc(OC)cc1. The fourth-order valence-corrected chi connectivity index (χ4v) is 3.01. The van der Waals surface area contributed by atoms with Gasteiger partial charge in [0.1, 0.15) is 5.75 Å². The minimum Gasteiger partial charge on any atom is -0.497 e. The monoisotopic (exact) mass is 293 g/mol. The van der Waals surface area contributed by atoms with Gasteiger partial charge in [-0.25, -0.2) is 4.68 Å². The average molecular weight is 293 g/mol. The van der Waals surface area contributed by atoms with E-state index < -0.39 is 0 Å². The molecule has 108 valence electrons. The molecule has 2 aromatic rings. The molecule has 7 heteroatoms. The Bertz CT molecular complexity index is 542. The van der Waals surface area contributed by atoms with E-state index in [0.29, 0.717) is 0 Å². The molecule has 0 saturated heterocycles. The third-order valence-electron chi connectivity index (χ3n) is 3.12. The van der Waals surface area contributed by atoms with Crippen molar-refractivity contribution in [3.63, 3.8) is 0 Å². The third-order valence-corrected chi connectivity index (χ3v) is 4.55. The quantitative estimate of drug-likeness (QED) is 0.818. The zero-order valence-corrected chi connectivity index (χ0v) is 12.7. The molecule has 2 rings (SSSR count). The number of ether oxygens (including phenoxy) is 1.